The van der Waals surface area contributed by atoms with E-state index < -0.39 is 11.9 Å². The van der Waals surface area contributed by atoms with E-state index in [0.717, 1.165) is 16.9 Å². The van der Waals surface area contributed by atoms with Crippen LogP contribution in [0.4, 0.5) is 9.93 Å². The van der Waals surface area contributed by atoms with Gasteiger partial charge in [0, 0.05) is 0 Å². The van der Waals surface area contributed by atoms with E-state index >= 15 is 0 Å². The van der Waals surface area contributed by atoms with Gasteiger partial charge in [0.1, 0.15) is 5.75 Å². The van der Waals surface area contributed by atoms with Crippen LogP contribution in [0.3, 0.4) is 0 Å². The van der Waals surface area contributed by atoms with Gasteiger partial charge in [-0.1, -0.05) is 29.5 Å². The van der Waals surface area contributed by atoms with Crippen molar-refractivity contribution in [3.05, 3.63) is 33.8 Å². The third kappa shape index (κ3) is 4.65. The fraction of sp³-hybridized carbons (Fsp3) is 0.167. The van der Waals surface area contributed by atoms with Crippen LogP contribution in [0.25, 0.3) is 0 Å². The summed E-state index contributed by atoms with van der Waals surface area (Å²) < 4.78 is 5.76. The molecule has 21 heavy (non-hydrogen) atoms. The number of amides is 3. The molecule has 0 fully saturated rings. The predicted octanol–water partition coefficient (Wildman–Crippen LogP) is 2.24. The van der Waals surface area contributed by atoms with E-state index in [4.69, 9.17) is 17.0 Å². The number of hydrogen-bond acceptors (Lipinski definition) is 6. The average molecular weight is 324 g/mol. The van der Waals surface area contributed by atoms with E-state index in [-0.39, 0.29) is 11.7 Å². The largest absolute Gasteiger partial charge is 0.483 e. The van der Waals surface area contributed by atoms with E-state index in [1.807, 2.05) is 19.1 Å². The number of urea groups is 1. The molecule has 1 aromatic carbocycles. The molecule has 0 bridgehead atoms. The number of aromatic amines is 1. The van der Waals surface area contributed by atoms with Crippen molar-refractivity contribution >= 4 is 40.6 Å². The monoisotopic (exact) mass is 324 g/mol. The zero-order chi connectivity index (χ0) is 15.2. The second-order valence-electron chi connectivity index (χ2n) is 3.97. The van der Waals surface area contributed by atoms with E-state index in [1.165, 1.54) is 0 Å². The van der Waals surface area contributed by atoms with Crippen LogP contribution in [0.5, 0.6) is 5.75 Å². The molecule has 7 nitrogen and oxygen atoms in total. The molecule has 1 aromatic heterocycles. The van der Waals surface area contributed by atoms with Crippen molar-refractivity contribution in [2.45, 2.75) is 6.92 Å². The molecule has 0 atom stereocenters. The van der Waals surface area contributed by atoms with Gasteiger partial charge in [-0.3, -0.25) is 20.5 Å². The smallest absolute Gasteiger partial charge is 0.327 e. The van der Waals surface area contributed by atoms with Gasteiger partial charge < -0.3 is 4.74 Å². The van der Waals surface area contributed by atoms with Gasteiger partial charge in [-0.2, -0.15) is 0 Å². The Balaban J connectivity index is 1.80. The number of rotatable bonds is 4. The average Bonchev–Trinajstić information content (AvgIpc) is 2.83. The highest BCUT2D eigenvalue weighted by Gasteiger charge is 2.10. The maximum Gasteiger partial charge on any atom is 0.327 e. The summed E-state index contributed by atoms with van der Waals surface area (Å²) in [5.41, 5.74) is 0.908. The van der Waals surface area contributed by atoms with Crippen molar-refractivity contribution in [2.24, 2.45) is 0 Å². The number of aromatic nitrogens is 2. The lowest BCUT2D eigenvalue weighted by atomic mass is 10.2. The molecule has 0 spiro atoms. The van der Waals surface area contributed by atoms with Gasteiger partial charge in [0.25, 0.3) is 5.91 Å². The number of imide groups is 1. The third-order valence-electron chi connectivity index (χ3n) is 2.36. The van der Waals surface area contributed by atoms with E-state index in [9.17, 15) is 9.59 Å². The summed E-state index contributed by atoms with van der Waals surface area (Å²) in [7, 11) is 0. The van der Waals surface area contributed by atoms with Crippen LogP contribution in [-0.2, 0) is 4.79 Å². The number of benzene rings is 1. The molecule has 0 saturated heterocycles. The van der Waals surface area contributed by atoms with Gasteiger partial charge in [0.05, 0.1) is 0 Å². The number of carbonyl (C=O) groups excluding carboxylic acids is 2. The van der Waals surface area contributed by atoms with Crippen LogP contribution in [0.15, 0.2) is 24.3 Å². The first kappa shape index (κ1) is 15.1. The molecule has 2 rings (SSSR count). The third-order valence-corrected chi connectivity index (χ3v) is 3.37. The van der Waals surface area contributed by atoms with Crippen molar-refractivity contribution in [2.75, 3.05) is 11.9 Å². The van der Waals surface area contributed by atoms with Gasteiger partial charge in [-0.05, 0) is 30.8 Å². The van der Waals surface area contributed by atoms with Crippen LogP contribution in [0.1, 0.15) is 5.56 Å². The summed E-state index contributed by atoms with van der Waals surface area (Å²) in [6, 6.07) is 6.60. The Bertz CT molecular complexity index is 710. The second kappa shape index (κ2) is 6.95. The van der Waals surface area contributed by atoms with Crippen molar-refractivity contribution in [3.63, 3.8) is 0 Å². The first-order valence-corrected chi connectivity index (χ1v) is 7.12. The molecule has 9 heteroatoms. The highest BCUT2D eigenvalue weighted by Crippen LogP contribution is 2.15. The maximum atomic E-state index is 11.6. The van der Waals surface area contributed by atoms with Crippen molar-refractivity contribution in [1.29, 1.82) is 0 Å². The minimum atomic E-state index is -0.689. The van der Waals surface area contributed by atoms with Gasteiger partial charge >= 0.3 is 6.03 Å². The van der Waals surface area contributed by atoms with Gasteiger partial charge in [0.2, 0.25) is 5.13 Å². The summed E-state index contributed by atoms with van der Waals surface area (Å²) in [6.07, 6.45) is 0. The number of anilines is 1. The minimum absolute atomic E-state index is 0.255. The Morgan fingerprint density at radius 3 is 2.86 bits per heavy atom. The van der Waals surface area contributed by atoms with Crippen LogP contribution in [0.2, 0.25) is 0 Å². The minimum Gasteiger partial charge on any atom is -0.483 e. The number of carbonyl (C=O) groups is 2. The molecule has 0 aliphatic rings. The van der Waals surface area contributed by atoms with E-state index in [0.29, 0.717) is 9.70 Å². The van der Waals surface area contributed by atoms with Gasteiger partial charge in [-0.25, -0.2) is 4.79 Å². The normalized spacial score (nSPS) is 9.95. The van der Waals surface area contributed by atoms with E-state index in [1.54, 1.807) is 12.1 Å². The van der Waals surface area contributed by atoms with Gasteiger partial charge in [-0.15, -0.1) is 5.10 Å². The number of hydrogen-bond donors (Lipinski definition) is 3. The van der Waals surface area contributed by atoms with Gasteiger partial charge in [0.15, 0.2) is 10.6 Å². The zero-order valence-electron chi connectivity index (χ0n) is 11.0. The first-order valence-electron chi connectivity index (χ1n) is 5.89. The summed E-state index contributed by atoms with van der Waals surface area (Å²) in [6.45, 7) is 1.61. The molecule has 110 valence electrons. The molecular formula is C12H12N4O3S2. The van der Waals surface area contributed by atoms with Crippen LogP contribution >= 0.6 is 23.6 Å². The molecule has 3 amide bonds. The molecule has 3 N–H and O–H groups in total. The number of ether oxygens (including phenoxy) is 1. The highest BCUT2D eigenvalue weighted by atomic mass is 32.1. The number of nitrogens with zero attached hydrogens (tertiary/aromatic N) is 1. The lowest BCUT2D eigenvalue weighted by molar-refractivity contribution is -0.121. The zero-order valence-corrected chi connectivity index (χ0v) is 12.6. The molecule has 0 saturated carbocycles. The molecule has 2 aromatic rings. The maximum absolute atomic E-state index is 11.6. The quantitative estimate of drug-likeness (QED) is 0.750. The topological polar surface area (TPSA) is 96.1 Å². The Morgan fingerprint density at radius 1 is 1.43 bits per heavy atom. The number of nitrogens with one attached hydrogen (secondary N) is 3. The molecule has 1 heterocycles. The summed E-state index contributed by atoms with van der Waals surface area (Å²) in [4.78, 5) is 23.1. The summed E-state index contributed by atoms with van der Waals surface area (Å²) in [5.74, 6) is 0.0354. The van der Waals surface area contributed by atoms with Crippen molar-refractivity contribution < 1.29 is 14.3 Å². The number of H-pyrrole nitrogens is 1. The second-order valence-corrected chi connectivity index (χ2v) is 5.64. The molecule has 0 unspecified atom stereocenters. The van der Waals surface area contributed by atoms with Crippen LogP contribution < -0.4 is 15.4 Å². The lowest BCUT2D eigenvalue weighted by Gasteiger charge is -2.08. The number of aryl methyl sites for hydroxylation is 1. The summed E-state index contributed by atoms with van der Waals surface area (Å²) in [5, 5.41) is 11.1. The predicted molar refractivity (Wildman–Crippen MR) is 81.1 cm³/mol. The van der Waals surface area contributed by atoms with Crippen LogP contribution in [-0.4, -0.2) is 28.7 Å². The lowest BCUT2D eigenvalue weighted by Crippen LogP contribution is -2.37. The summed E-state index contributed by atoms with van der Waals surface area (Å²) >= 11 is 5.91. The Kier molecular flexibility index (Phi) is 5.01. The van der Waals surface area contributed by atoms with Crippen molar-refractivity contribution in [3.8, 4) is 5.75 Å². The highest BCUT2D eigenvalue weighted by molar-refractivity contribution is 7.73. The standard InChI is InChI=1S/C12H12N4O3S2/c1-7-4-2-3-5-8(7)19-6-9(17)13-10(18)14-11-15-16-12(20)21-11/h2-5H,6H2,1H3,(H,16,20)(H2,13,14,15,17,18). The fourth-order valence-corrected chi connectivity index (χ4v) is 2.22. The number of para-hydroxylation sites is 1. The molecular weight excluding hydrogens is 312 g/mol. The SMILES string of the molecule is Cc1ccccc1OCC(=O)NC(=O)Nc1n[nH]c(=S)s1. The molecule has 0 aliphatic heterocycles. The van der Waals surface area contributed by atoms with E-state index in [2.05, 4.69) is 20.8 Å². The first-order chi connectivity index (χ1) is 10.0. The molecule has 0 aliphatic carbocycles. The molecule has 0 radical (unpaired) electrons. The Hall–Kier alpha value is -2.26. The Morgan fingerprint density at radius 2 is 2.19 bits per heavy atom. The van der Waals surface area contributed by atoms with Crippen molar-refractivity contribution in [1.82, 2.24) is 15.5 Å². The Labute approximate surface area is 129 Å². The van der Waals surface area contributed by atoms with Crippen LogP contribution in [0, 0.1) is 10.9 Å². The fourth-order valence-electron chi connectivity index (χ4n) is 1.44.